The molecule has 0 spiro atoms. The molecule has 5 nitrogen and oxygen atoms in total. The zero-order valence-electron chi connectivity index (χ0n) is 15.0. The molecule has 1 amide bonds. The molecule has 2 heterocycles. The summed E-state index contributed by atoms with van der Waals surface area (Å²) in [6.45, 7) is 5.12. The van der Waals surface area contributed by atoms with Crippen molar-refractivity contribution < 1.29 is 4.79 Å². The molecular formula is C20H28N4O. The van der Waals surface area contributed by atoms with Crippen molar-refractivity contribution in [1.82, 2.24) is 20.0 Å². The van der Waals surface area contributed by atoms with Crippen LogP contribution < -0.4 is 5.32 Å². The quantitative estimate of drug-likeness (QED) is 0.843. The second-order valence-corrected chi connectivity index (χ2v) is 6.88. The van der Waals surface area contributed by atoms with Crippen molar-refractivity contribution in [3.05, 3.63) is 53.9 Å². The lowest BCUT2D eigenvalue weighted by Crippen LogP contribution is -2.45. The molecule has 1 N–H and O–H groups in total. The van der Waals surface area contributed by atoms with Gasteiger partial charge in [0, 0.05) is 31.5 Å². The molecule has 3 rings (SSSR count). The zero-order chi connectivity index (χ0) is 17.5. The summed E-state index contributed by atoms with van der Waals surface area (Å²) in [6.07, 6.45) is 8.48. The molecule has 1 aromatic carbocycles. The highest BCUT2D eigenvalue weighted by Crippen LogP contribution is 2.20. The van der Waals surface area contributed by atoms with Crippen molar-refractivity contribution in [2.45, 2.75) is 51.7 Å². The number of aryl methyl sites for hydroxylation is 2. The Morgan fingerprint density at radius 1 is 1.28 bits per heavy atom. The van der Waals surface area contributed by atoms with E-state index in [-0.39, 0.29) is 5.91 Å². The number of carbonyl (C=O) groups excluding carboxylic acids is 1. The molecule has 1 saturated heterocycles. The van der Waals surface area contributed by atoms with Gasteiger partial charge in [-0.1, -0.05) is 30.7 Å². The van der Waals surface area contributed by atoms with Crippen LogP contribution in [0, 0.1) is 6.92 Å². The molecule has 1 aromatic heterocycles. The topological polar surface area (TPSA) is 50.2 Å². The maximum atomic E-state index is 12.4. The van der Waals surface area contributed by atoms with Gasteiger partial charge in [0.2, 0.25) is 5.91 Å². The molecule has 1 fully saturated rings. The Balaban J connectivity index is 1.48. The maximum Gasteiger partial charge on any atom is 0.234 e. The maximum absolute atomic E-state index is 12.4. The molecule has 1 unspecified atom stereocenters. The highest BCUT2D eigenvalue weighted by molar-refractivity contribution is 5.78. The van der Waals surface area contributed by atoms with E-state index in [0.29, 0.717) is 19.1 Å². The molecular weight excluding hydrogens is 312 g/mol. The lowest BCUT2D eigenvalue weighted by atomic mass is 9.99. The fourth-order valence-corrected chi connectivity index (χ4v) is 3.55. The van der Waals surface area contributed by atoms with E-state index < -0.39 is 0 Å². The number of benzene rings is 1. The largest absolute Gasteiger partial charge is 0.351 e. The molecule has 0 aliphatic carbocycles. The number of nitrogens with one attached hydrogen (secondary N) is 1. The minimum Gasteiger partial charge on any atom is -0.351 e. The van der Waals surface area contributed by atoms with Gasteiger partial charge in [-0.15, -0.1) is 0 Å². The van der Waals surface area contributed by atoms with Gasteiger partial charge in [-0.3, -0.25) is 14.4 Å². The van der Waals surface area contributed by atoms with Crippen molar-refractivity contribution in [3.63, 3.8) is 0 Å². The lowest BCUT2D eigenvalue weighted by molar-refractivity contribution is -0.123. The standard InChI is InChI=1S/C20H28N4O/c1-17-7-2-3-8-18(17)15-21-20(25)16-23-12-5-4-9-19(23)10-14-24-13-6-11-22-24/h2-3,6-8,11,13,19H,4-5,9-10,12,14-16H2,1H3,(H,21,25). The van der Waals surface area contributed by atoms with Crippen LogP contribution in [0.15, 0.2) is 42.7 Å². The number of hydrogen-bond donors (Lipinski definition) is 1. The molecule has 0 bridgehead atoms. The van der Waals surface area contributed by atoms with Crippen molar-refractivity contribution >= 4 is 5.91 Å². The Labute approximate surface area is 150 Å². The number of rotatable bonds is 7. The summed E-state index contributed by atoms with van der Waals surface area (Å²) >= 11 is 0. The second-order valence-electron chi connectivity index (χ2n) is 6.88. The summed E-state index contributed by atoms with van der Waals surface area (Å²) in [5, 5.41) is 7.36. The molecule has 1 aliphatic rings. The summed E-state index contributed by atoms with van der Waals surface area (Å²) in [5.74, 6) is 0.120. The normalized spacial score (nSPS) is 18.2. The Morgan fingerprint density at radius 2 is 2.16 bits per heavy atom. The van der Waals surface area contributed by atoms with Crippen LogP contribution in [-0.2, 0) is 17.9 Å². The Hall–Kier alpha value is -2.14. The predicted octanol–water partition coefficient (Wildman–Crippen LogP) is 2.75. The van der Waals surface area contributed by atoms with Crippen LogP contribution in [0.25, 0.3) is 0 Å². The third-order valence-electron chi connectivity index (χ3n) is 5.08. The lowest BCUT2D eigenvalue weighted by Gasteiger charge is -2.35. The van der Waals surface area contributed by atoms with Crippen molar-refractivity contribution in [1.29, 1.82) is 0 Å². The number of aromatic nitrogens is 2. The van der Waals surface area contributed by atoms with E-state index in [1.807, 2.05) is 35.3 Å². The molecule has 1 aliphatic heterocycles. The summed E-state index contributed by atoms with van der Waals surface area (Å²) < 4.78 is 1.98. The molecule has 0 saturated carbocycles. The van der Waals surface area contributed by atoms with Gasteiger partial charge in [0.25, 0.3) is 0 Å². The second kappa shape index (κ2) is 8.81. The molecule has 5 heteroatoms. The van der Waals surface area contributed by atoms with Gasteiger partial charge < -0.3 is 5.32 Å². The van der Waals surface area contributed by atoms with Gasteiger partial charge in [-0.05, 0) is 49.9 Å². The number of amides is 1. The first kappa shape index (κ1) is 17.7. The highest BCUT2D eigenvalue weighted by Gasteiger charge is 2.24. The fraction of sp³-hybridized carbons (Fsp3) is 0.500. The van der Waals surface area contributed by atoms with Gasteiger partial charge in [0.05, 0.1) is 6.54 Å². The van der Waals surface area contributed by atoms with E-state index in [1.165, 1.54) is 30.4 Å². The van der Waals surface area contributed by atoms with Crippen LogP contribution in [0.3, 0.4) is 0 Å². The molecule has 134 valence electrons. The zero-order valence-corrected chi connectivity index (χ0v) is 15.0. The minimum absolute atomic E-state index is 0.120. The van der Waals surface area contributed by atoms with Gasteiger partial charge in [-0.25, -0.2) is 0 Å². The third kappa shape index (κ3) is 5.16. The highest BCUT2D eigenvalue weighted by atomic mass is 16.2. The number of likely N-dealkylation sites (tertiary alicyclic amines) is 1. The van der Waals surface area contributed by atoms with Crippen molar-refractivity contribution in [2.24, 2.45) is 0 Å². The van der Waals surface area contributed by atoms with E-state index in [9.17, 15) is 4.79 Å². The smallest absolute Gasteiger partial charge is 0.234 e. The SMILES string of the molecule is Cc1ccccc1CNC(=O)CN1CCCCC1CCn1cccn1. The van der Waals surface area contributed by atoms with Crippen LogP contribution >= 0.6 is 0 Å². The number of carbonyl (C=O) groups is 1. The van der Waals surface area contributed by atoms with E-state index >= 15 is 0 Å². The first-order valence-corrected chi connectivity index (χ1v) is 9.25. The van der Waals surface area contributed by atoms with E-state index in [4.69, 9.17) is 0 Å². The predicted molar refractivity (Wildman–Crippen MR) is 99.1 cm³/mol. The fourth-order valence-electron chi connectivity index (χ4n) is 3.55. The molecule has 2 aromatic rings. The molecule has 1 atom stereocenters. The number of piperidine rings is 1. The first-order valence-electron chi connectivity index (χ1n) is 9.25. The van der Waals surface area contributed by atoms with Crippen molar-refractivity contribution in [2.75, 3.05) is 13.1 Å². The summed E-state index contributed by atoms with van der Waals surface area (Å²) in [6, 6.07) is 10.6. The van der Waals surface area contributed by atoms with E-state index in [1.54, 1.807) is 0 Å². The summed E-state index contributed by atoms with van der Waals surface area (Å²) in [5.41, 5.74) is 2.41. The van der Waals surface area contributed by atoms with Gasteiger partial charge >= 0.3 is 0 Å². The van der Waals surface area contributed by atoms with Crippen LogP contribution in [0.1, 0.15) is 36.8 Å². The monoisotopic (exact) mass is 340 g/mol. The first-order chi connectivity index (χ1) is 12.2. The Bertz CT molecular complexity index is 668. The van der Waals surface area contributed by atoms with Gasteiger partial charge in [-0.2, -0.15) is 5.10 Å². The average Bonchev–Trinajstić information content (AvgIpc) is 3.14. The number of nitrogens with zero attached hydrogens (tertiary/aromatic N) is 3. The Morgan fingerprint density at radius 3 is 2.96 bits per heavy atom. The average molecular weight is 340 g/mol. The minimum atomic E-state index is 0.120. The van der Waals surface area contributed by atoms with Crippen LogP contribution in [0.2, 0.25) is 0 Å². The van der Waals surface area contributed by atoms with E-state index in [2.05, 4.69) is 34.4 Å². The van der Waals surface area contributed by atoms with Gasteiger partial charge in [0.1, 0.15) is 0 Å². The van der Waals surface area contributed by atoms with Crippen LogP contribution in [0.5, 0.6) is 0 Å². The summed E-state index contributed by atoms with van der Waals surface area (Å²) in [4.78, 5) is 14.8. The molecule has 25 heavy (non-hydrogen) atoms. The van der Waals surface area contributed by atoms with Gasteiger partial charge in [0.15, 0.2) is 0 Å². The van der Waals surface area contributed by atoms with Crippen molar-refractivity contribution in [3.8, 4) is 0 Å². The number of hydrogen-bond acceptors (Lipinski definition) is 3. The Kier molecular flexibility index (Phi) is 6.23. The van der Waals surface area contributed by atoms with E-state index in [0.717, 1.165) is 19.5 Å². The van der Waals surface area contributed by atoms with Crippen LogP contribution in [-0.4, -0.2) is 39.7 Å². The van der Waals surface area contributed by atoms with Crippen LogP contribution in [0.4, 0.5) is 0 Å². The third-order valence-corrected chi connectivity index (χ3v) is 5.08. The molecule has 0 radical (unpaired) electrons. The summed E-state index contributed by atoms with van der Waals surface area (Å²) in [7, 11) is 0.